The summed E-state index contributed by atoms with van der Waals surface area (Å²) in [6, 6.07) is 23.3. The van der Waals surface area contributed by atoms with Crippen molar-refractivity contribution in [2.24, 2.45) is 0 Å². The molecule has 3 aromatic rings. The van der Waals surface area contributed by atoms with E-state index in [-0.39, 0.29) is 17.6 Å². The second-order valence-corrected chi connectivity index (χ2v) is 8.68. The number of rotatable bonds is 13. The van der Waals surface area contributed by atoms with Crippen LogP contribution in [0.2, 0.25) is 0 Å². The van der Waals surface area contributed by atoms with E-state index in [1.54, 1.807) is 48.5 Å². The molecule has 0 unspecified atom stereocenters. The molecule has 0 fully saturated rings. The van der Waals surface area contributed by atoms with Crippen LogP contribution in [0.5, 0.6) is 11.5 Å². The molecule has 0 saturated carbocycles. The Balaban J connectivity index is 1.46. The Labute approximate surface area is 229 Å². The summed E-state index contributed by atoms with van der Waals surface area (Å²) in [5.74, 6) is 0.653. The number of nitrogens with zero attached hydrogens (tertiary/aromatic N) is 1. The molecule has 2 amide bonds. The van der Waals surface area contributed by atoms with Crippen LogP contribution in [0.3, 0.4) is 0 Å². The lowest BCUT2D eigenvalue weighted by atomic mass is 10.2. The highest BCUT2D eigenvalue weighted by atomic mass is 32.1. The highest BCUT2D eigenvalue weighted by Gasteiger charge is 2.14. The molecule has 0 aliphatic heterocycles. The van der Waals surface area contributed by atoms with Gasteiger partial charge in [-0.3, -0.25) is 14.9 Å². The SMILES string of the molecule is CCN(CC)CCNC(=O)c1ccc(NC(=S)NC(=O)c2ccccc2OCCOc2ccccc2)cc1. The molecule has 0 bridgehead atoms. The summed E-state index contributed by atoms with van der Waals surface area (Å²) in [6.45, 7) is 8.10. The van der Waals surface area contributed by atoms with Crippen molar-refractivity contribution in [3.63, 3.8) is 0 Å². The molecule has 0 radical (unpaired) electrons. The lowest BCUT2D eigenvalue weighted by Crippen LogP contribution is -2.35. The van der Waals surface area contributed by atoms with Crippen LogP contribution >= 0.6 is 12.2 Å². The summed E-state index contributed by atoms with van der Waals surface area (Å²) in [7, 11) is 0. The Kier molecular flexibility index (Phi) is 11.5. The first-order valence-electron chi connectivity index (χ1n) is 12.6. The van der Waals surface area contributed by atoms with Crippen molar-refractivity contribution in [3.8, 4) is 11.5 Å². The van der Waals surface area contributed by atoms with Crippen LogP contribution in [-0.4, -0.2) is 61.2 Å². The van der Waals surface area contributed by atoms with Gasteiger partial charge in [-0.05, 0) is 73.8 Å². The zero-order valence-electron chi connectivity index (χ0n) is 21.7. The number of carbonyl (C=O) groups is 2. The number of carbonyl (C=O) groups excluding carboxylic acids is 2. The maximum atomic E-state index is 12.8. The zero-order valence-corrected chi connectivity index (χ0v) is 22.6. The van der Waals surface area contributed by atoms with E-state index in [1.165, 1.54) is 0 Å². The summed E-state index contributed by atoms with van der Waals surface area (Å²) in [6.07, 6.45) is 0. The summed E-state index contributed by atoms with van der Waals surface area (Å²) in [5, 5.41) is 8.71. The lowest BCUT2D eigenvalue weighted by molar-refractivity contribution is 0.0946. The van der Waals surface area contributed by atoms with Crippen LogP contribution in [0.25, 0.3) is 0 Å². The number of nitrogens with one attached hydrogen (secondary N) is 3. The van der Waals surface area contributed by atoms with E-state index in [9.17, 15) is 9.59 Å². The molecule has 9 heteroatoms. The third kappa shape index (κ3) is 9.17. The molecule has 38 heavy (non-hydrogen) atoms. The van der Waals surface area contributed by atoms with Crippen LogP contribution < -0.4 is 25.4 Å². The van der Waals surface area contributed by atoms with E-state index in [0.717, 1.165) is 25.4 Å². The first kappa shape index (κ1) is 28.6. The fourth-order valence-electron chi connectivity index (χ4n) is 3.62. The molecule has 0 atom stereocenters. The van der Waals surface area contributed by atoms with Gasteiger partial charge in [0.2, 0.25) is 0 Å². The summed E-state index contributed by atoms with van der Waals surface area (Å²) in [5.41, 5.74) is 1.55. The molecule has 0 heterocycles. The van der Waals surface area contributed by atoms with Gasteiger partial charge in [0.1, 0.15) is 24.7 Å². The van der Waals surface area contributed by atoms with Gasteiger partial charge in [-0.2, -0.15) is 0 Å². The van der Waals surface area contributed by atoms with Gasteiger partial charge in [0.05, 0.1) is 5.56 Å². The first-order valence-corrected chi connectivity index (χ1v) is 13.0. The molecule has 0 spiro atoms. The van der Waals surface area contributed by atoms with Crippen molar-refractivity contribution in [1.29, 1.82) is 0 Å². The molecule has 3 rings (SSSR count). The maximum absolute atomic E-state index is 12.8. The topological polar surface area (TPSA) is 91.9 Å². The van der Waals surface area contributed by atoms with Gasteiger partial charge in [-0.15, -0.1) is 0 Å². The third-order valence-corrected chi connectivity index (χ3v) is 5.93. The highest BCUT2D eigenvalue weighted by Crippen LogP contribution is 2.18. The van der Waals surface area contributed by atoms with E-state index in [4.69, 9.17) is 21.7 Å². The standard InChI is InChI=1S/C29H34N4O4S/c1-3-33(4-2)19-18-30-27(34)22-14-16-23(17-15-22)31-29(38)32-28(35)25-12-8-9-13-26(25)37-21-20-36-24-10-6-5-7-11-24/h5-17H,3-4,18-21H2,1-2H3,(H,30,34)(H2,31,32,35,38). The molecule has 3 N–H and O–H groups in total. The van der Waals surface area contributed by atoms with Gasteiger partial charge in [-0.1, -0.05) is 44.2 Å². The maximum Gasteiger partial charge on any atom is 0.261 e. The number of anilines is 1. The van der Waals surface area contributed by atoms with E-state index < -0.39 is 5.91 Å². The van der Waals surface area contributed by atoms with E-state index >= 15 is 0 Å². The van der Waals surface area contributed by atoms with Crippen molar-refractivity contribution in [3.05, 3.63) is 90.0 Å². The first-order chi connectivity index (χ1) is 18.5. The minimum atomic E-state index is -0.397. The Morgan fingerprint density at radius 3 is 2.18 bits per heavy atom. The van der Waals surface area contributed by atoms with Crippen LogP contribution in [-0.2, 0) is 0 Å². The Morgan fingerprint density at radius 2 is 1.47 bits per heavy atom. The largest absolute Gasteiger partial charge is 0.490 e. The predicted molar refractivity (Wildman–Crippen MR) is 154 cm³/mol. The minimum absolute atomic E-state index is 0.133. The number of hydrogen-bond donors (Lipinski definition) is 3. The van der Waals surface area contributed by atoms with Crippen molar-refractivity contribution in [1.82, 2.24) is 15.5 Å². The molecule has 3 aromatic carbocycles. The molecule has 0 aromatic heterocycles. The van der Waals surface area contributed by atoms with Crippen LogP contribution in [0, 0.1) is 0 Å². The van der Waals surface area contributed by atoms with Gasteiger partial charge in [-0.25, -0.2) is 0 Å². The molecule has 8 nitrogen and oxygen atoms in total. The monoisotopic (exact) mass is 534 g/mol. The highest BCUT2D eigenvalue weighted by molar-refractivity contribution is 7.80. The van der Waals surface area contributed by atoms with Crippen LogP contribution in [0.4, 0.5) is 5.69 Å². The number of thiocarbonyl (C=S) groups is 1. The number of ether oxygens (including phenoxy) is 2. The van der Waals surface area contributed by atoms with E-state index in [2.05, 4.69) is 34.7 Å². The van der Waals surface area contributed by atoms with Crippen molar-refractivity contribution < 1.29 is 19.1 Å². The van der Waals surface area contributed by atoms with Crippen molar-refractivity contribution >= 4 is 34.8 Å². The van der Waals surface area contributed by atoms with Gasteiger partial charge in [0, 0.05) is 24.3 Å². The Bertz CT molecular complexity index is 1180. The number of hydrogen-bond acceptors (Lipinski definition) is 6. The van der Waals surface area contributed by atoms with Gasteiger partial charge in [0.15, 0.2) is 5.11 Å². The molecule has 200 valence electrons. The molecule has 0 aliphatic carbocycles. The van der Waals surface area contributed by atoms with Crippen LogP contribution in [0.1, 0.15) is 34.6 Å². The average Bonchev–Trinajstić information content (AvgIpc) is 2.94. The number of likely N-dealkylation sites (N-methyl/N-ethyl adjacent to an activating group) is 1. The minimum Gasteiger partial charge on any atom is -0.490 e. The second kappa shape index (κ2) is 15.3. The second-order valence-electron chi connectivity index (χ2n) is 8.27. The number of amides is 2. The van der Waals surface area contributed by atoms with Crippen LogP contribution in [0.15, 0.2) is 78.9 Å². The Morgan fingerprint density at radius 1 is 0.816 bits per heavy atom. The lowest BCUT2D eigenvalue weighted by Gasteiger charge is -2.18. The summed E-state index contributed by atoms with van der Waals surface area (Å²) in [4.78, 5) is 27.5. The van der Waals surface area contributed by atoms with E-state index in [1.807, 2.05) is 30.3 Å². The predicted octanol–water partition coefficient (Wildman–Crippen LogP) is 4.34. The van der Waals surface area contributed by atoms with Crippen molar-refractivity contribution in [2.75, 3.05) is 44.7 Å². The molecular weight excluding hydrogens is 500 g/mol. The third-order valence-electron chi connectivity index (χ3n) is 5.72. The van der Waals surface area contributed by atoms with E-state index in [0.29, 0.717) is 35.7 Å². The van der Waals surface area contributed by atoms with Crippen molar-refractivity contribution in [2.45, 2.75) is 13.8 Å². The number of benzene rings is 3. The fraction of sp³-hybridized carbons (Fsp3) is 0.276. The molecule has 0 aliphatic rings. The zero-order chi connectivity index (χ0) is 27.2. The molecular formula is C29H34N4O4S. The smallest absolute Gasteiger partial charge is 0.261 e. The van der Waals surface area contributed by atoms with Gasteiger partial charge >= 0.3 is 0 Å². The Hall–Kier alpha value is -3.95. The fourth-order valence-corrected chi connectivity index (χ4v) is 3.83. The number of para-hydroxylation sites is 2. The quantitative estimate of drug-likeness (QED) is 0.222. The summed E-state index contributed by atoms with van der Waals surface area (Å²) >= 11 is 5.32. The average molecular weight is 535 g/mol. The summed E-state index contributed by atoms with van der Waals surface area (Å²) < 4.78 is 11.4. The van der Waals surface area contributed by atoms with Gasteiger partial charge < -0.3 is 25.0 Å². The normalized spacial score (nSPS) is 10.5. The van der Waals surface area contributed by atoms with Gasteiger partial charge in [0.25, 0.3) is 11.8 Å². The molecule has 0 saturated heterocycles.